The van der Waals surface area contributed by atoms with E-state index in [2.05, 4.69) is 10.3 Å². The maximum atomic E-state index is 13.5. The van der Waals surface area contributed by atoms with Gasteiger partial charge in [0.25, 0.3) is 0 Å². The van der Waals surface area contributed by atoms with Crippen molar-refractivity contribution in [2.45, 2.75) is 0 Å². The van der Waals surface area contributed by atoms with Gasteiger partial charge in [-0.15, -0.1) is 0 Å². The number of hydrogen-bond donors (Lipinski definition) is 2. The van der Waals surface area contributed by atoms with E-state index in [0.717, 1.165) is 0 Å². The predicted octanol–water partition coefficient (Wildman–Crippen LogP) is 1.89. The van der Waals surface area contributed by atoms with Crippen LogP contribution in [0.25, 0.3) is 0 Å². The van der Waals surface area contributed by atoms with Crippen LogP contribution in [-0.4, -0.2) is 17.4 Å². The molecule has 96 valence electrons. The van der Waals surface area contributed by atoms with Crippen LogP contribution in [-0.2, 0) is 4.79 Å². The van der Waals surface area contributed by atoms with Gasteiger partial charge < -0.3 is 16.0 Å². The number of rotatable bonds is 1. The van der Waals surface area contributed by atoms with E-state index in [-0.39, 0.29) is 18.1 Å². The third-order valence-corrected chi connectivity index (χ3v) is 2.91. The molecule has 0 unspecified atom stereocenters. The number of pyridine rings is 1. The number of nitrogen functional groups attached to an aromatic ring is 1. The first-order chi connectivity index (χ1) is 9.15. The molecule has 0 saturated carbocycles. The van der Waals surface area contributed by atoms with Crippen molar-refractivity contribution in [3.63, 3.8) is 0 Å². The SMILES string of the molecule is Nc1ccc(N2CC(=O)Nc3cccnc32)cc1F. The average Bonchev–Trinajstić information content (AvgIpc) is 2.41. The van der Waals surface area contributed by atoms with Gasteiger partial charge in [-0.3, -0.25) is 4.79 Å². The molecule has 0 saturated heterocycles. The van der Waals surface area contributed by atoms with E-state index in [9.17, 15) is 9.18 Å². The van der Waals surface area contributed by atoms with Gasteiger partial charge in [-0.05, 0) is 30.3 Å². The second-order valence-corrected chi connectivity index (χ2v) is 4.21. The third kappa shape index (κ3) is 1.97. The Kier molecular flexibility index (Phi) is 2.56. The molecule has 6 heteroatoms. The monoisotopic (exact) mass is 258 g/mol. The normalized spacial score (nSPS) is 13.9. The number of carbonyl (C=O) groups is 1. The summed E-state index contributed by atoms with van der Waals surface area (Å²) < 4.78 is 13.5. The largest absolute Gasteiger partial charge is 0.396 e. The fraction of sp³-hybridized carbons (Fsp3) is 0.0769. The smallest absolute Gasteiger partial charge is 0.244 e. The van der Waals surface area contributed by atoms with Crippen LogP contribution in [0.4, 0.5) is 27.3 Å². The molecule has 0 bridgehead atoms. The molecule has 5 nitrogen and oxygen atoms in total. The molecule has 3 rings (SSSR count). The molecule has 1 aromatic carbocycles. The van der Waals surface area contributed by atoms with Crippen LogP contribution < -0.4 is 16.0 Å². The molecule has 3 N–H and O–H groups in total. The summed E-state index contributed by atoms with van der Waals surface area (Å²) in [7, 11) is 0. The number of nitrogens with two attached hydrogens (primary N) is 1. The van der Waals surface area contributed by atoms with E-state index in [4.69, 9.17) is 5.73 Å². The third-order valence-electron chi connectivity index (χ3n) is 2.91. The molecule has 2 heterocycles. The maximum Gasteiger partial charge on any atom is 0.244 e. The van der Waals surface area contributed by atoms with E-state index in [1.54, 1.807) is 29.3 Å². The molecule has 2 aromatic rings. The Bertz CT molecular complexity index is 659. The summed E-state index contributed by atoms with van der Waals surface area (Å²) in [5.41, 5.74) is 6.68. The Morgan fingerprint density at radius 1 is 1.37 bits per heavy atom. The first kappa shape index (κ1) is 11.5. The van der Waals surface area contributed by atoms with Crippen LogP contribution in [0.15, 0.2) is 36.5 Å². The Labute approximate surface area is 108 Å². The lowest BCUT2D eigenvalue weighted by atomic mass is 10.2. The molecule has 0 atom stereocenters. The van der Waals surface area contributed by atoms with E-state index in [1.165, 1.54) is 12.1 Å². The van der Waals surface area contributed by atoms with Crippen molar-refractivity contribution in [1.82, 2.24) is 4.98 Å². The minimum absolute atomic E-state index is 0.0754. The number of benzene rings is 1. The predicted molar refractivity (Wildman–Crippen MR) is 70.7 cm³/mol. The Hall–Kier alpha value is -2.63. The Balaban J connectivity index is 2.09. The van der Waals surface area contributed by atoms with Crippen molar-refractivity contribution < 1.29 is 9.18 Å². The first-order valence-corrected chi connectivity index (χ1v) is 5.72. The summed E-state index contributed by atoms with van der Waals surface area (Å²) in [5.74, 6) is -0.0926. The fourth-order valence-electron chi connectivity index (χ4n) is 2.02. The van der Waals surface area contributed by atoms with Crippen LogP contribution in [0.5, 0.6) is 0 Å². The van der Waals surface area contributed by atoms with Crippen LogP contribution in [0, 0.1) is 5.82 Å². The van der Waals surface area contributed by atoms with Gasteiger partial charge in [-0.2, -0.15) is 0 Å². The van der Waals surface area contributed by atoms with Gasteiger partial charge in [0.2, 0.25) is 5.91 Å². The molecular weight excluding hydrogens is 247 g/mol. The summed E-state index contributed by atoms with van der Waals surface area (Å²) >= 11 is 0. The van der Waals surface area contributed by atoms with E-state index >= 15 is 0 Å². The Morgan fingerprint density at radius 2 is 2.21 bits per heavy atom. The maximum absolute atomic E-state index is 13.5. The van der Waals surface area contributed by atoms with Crippen molar-refractivity contribution in [2.24, 2.45) is 0 Å². The zero-order valence-electron chi connectivity index (χ0n) is 9.93. The summed E-state index contributed by atoms with van der Waals surface area (Å²) in [6.07, 6.45) is 1.62. The quantitative estimate of drug-likeness (QED) is 0.766. The average molecular weight is 258 g/mol. The number of nitrogens with one attached hydrogen (secondary N) is 1. The standard InChI is InChI=1S/C13H11FN4O/c14-9-6-8(3-4-10(9)15)18-7-12(19)17-11-2-1-5-16-13(11)18/h1-6H,7,15H2,(H,17,19). The molecule has 0 fully saturated rings. The molecule has 0 radical (unpaired) electrons. The fourth-order valence-corrected chi connectivity index (χ4v) is 2.02. The summed E-state index contributed by atoms with van der Waals surface area (Å²) in [6.45, 7) is 0.0906. The van der Waals surface area contributed by atoms with Gasteiger partial charge in [0.1, 0.15) is 12.4 Å². The van der Waals surface area contributed by atoms with Crippen molar-refractivity contribution in [2.75, 3.05) is 22.5 Å². The molecule has 1 amide bonds. The number of nitrogens with zero attached hydrogens (tertiary/aromatic N) is 2. The minimum Gasteiger partial charge on any atom is -0.396 e. The molecule has 1 aliphatic rings. The van der Waals surface area contributed by atoms with Gasteiger partial charge in [0, 0.05) is 11.9 Å². The van der Waals surface area contributed by atoms with Crippen molar-refractivity contribution >= 4 is 28.8 Å². The van der Waals surface area contributed by atoms with Gasteiger partial charge >= 0.3 is 0 Å². The van der Waals surface area contributed by atoms with E-state index in [0.29, 0.717) is 17.2 Å². The Morgan fingerprint density at radius 3 is 3.00 bits per heavy atom. The topological polar surface area (TPSA) is 71.2 Å². The first-order valence-electron chi connectivity index (χ1n) is 5.72. The minimum atomic E-state index is -0.513. The van der Waals surface area contributed by atoms with E-state index < -0.39 is 5.82 Å². The highest BCUT2D eigenvalue weighted by Crippen LogP contribution is 2.33. The van der Waals surface area contributed by atoms with Gasteiger partial charge in [0.05, 0.1) is 11.4 Å². The van der Waals surface area contributed by atoms with Gasteiger partial charge in [0.15, 0.2) is 5.82 Å². The van der Waals surface area contributed by atoms with Gasteiger partial charge in [-0.25, -0.2) is 9.37 Å². The molecule has 1 aromatic heterocycles. The molecule has 1 aliphatic heterocycles. The number of fused-ring (bicyclic) bond motifs is 1. The van der Waals surface area contributed by atoms with Crippen molar-refractivity contribution in [1.29, 1.82) is 0 Å². The van der Waals surface area contributed by atoms with Crippen LogP contribution >= 0.6 is 0 Å². The number of carbonyl (C=O) groups excluding carboxylic acids is 1. The number of amides is 1. The summed E-state index contributed by atoms with van der Waals surface area (Å²) in [6, 6.07) is 7.91. The van der Waals surface area contributed by atoms with Crippen LogP contribution in [0.1, 0.15) is 0 Å². The summed E-state index contributed by atoms with van der Waals surface area (Å²) in [4.78, 5) is 17.5. The highest BCUT2D eigenvalue weighted by atomic mass is 19.1. The molecular formula is C13H11FN4O. The lowest BCUT2D eigenvalue weighted by Gasteiger charge is -2.29. The van der Waals surface area contributed by atoms with Crippen molar-refractivity contribution in [3.05, 3.63) is 42.3 Å². The number of anilines is 4. The number of aromatic nitrogens is 1. The highest BCUT2D eigenvalue weighted by Gasteiger charge is 2.24. The zero-order chi connectivity index (χ0) is 13.4. The molecule has 0 aliphatic carbocycles. The van der Waals surface area contributed by atoms with Gasteiger partial charge in [-0.1, -0.05) is 0 Å². The highest BCUT2D eigenvalue weighted by molar-refractivity contribution is 6.02. The lowest BCUT2D eigenvalue weighted by Crippen LogP contribution is -2.35. The van der Waals surface area contributed by atoms with Crippen LogP contribution in [0.2, 0.25) is 0 Å². The van der Waals surface area contributed by atoms with Crippen molar-refractivity contribution in [3.8, 4) is 0 Å². The van der Waals surface area contributed by atoms with Crippen LogP contribution in [0.3, 0.4) is 0 Å². The molecule has 0 spiro atoms. The lowest BCUT2D eigenvalue weighted by molar-refractivity contribution is -0.115. The molecule has 19 heavy (non-hydrogen) atoms. The second kappa shape index (κ2) is 4.24. The van der Waals surface area contributed by atoms with E-state index in [1.807, 2.05) is 0 Å². The second-order valence-electron chi connectivity index (χ2n) is 4.21. The number of hydrogen-bond acceptors (Lipinski definition) is 4. The summed E-state index contributed by atoms with van der Waals surface area (Å²) in [5, 5.41) is 2.72. The zero-order valence-corrected chi connectivity index (χ0v) is 9.93. The number of halogens is 1.